The van der Waals surface area contributed by atoms with Crippen LogP contribution in [0, 0.1) is 5.92 Å². The minimum atomic E-state index is -0.507. The van der Waals surface area contributed by atoms with E-state index in [-0.39, 0.29) is 17.2 Å². The molecule has 1 aromatic heterocycles. The van der Waals surface area contributed by atoms with E-state index in [4.69, 9.17) is 4.74 Å². The van der Waals surface area contributed by atoms with Crippen molar-refractivity contribution >= 4 is 5.97 Å². The summed E-state index contributed by atoms with van der Waals surface area (Å²) < 4.78 is 4.87. The van der Waals surface area contributed by atoms with Crippen LogP contribution in [0.2, 0.25) is 0 Å². The number of carbonyl (C=O) groups excluding carboxylic acids is 1. The lowest BCUT2D eigenvalue weighted by Crippen LogP contribution is -2.10. The number of esters is 1. The second-order valence-electron chi connectivity index (χ2n) is 3.16. The smallest absolute Gasteiger partial charge is 0.356 e. The van der Waals surface area contributed by atoms with Gasteiger partial charge in [-0.1, -0.05) is 13.8 Å². The fourth-order valence-electron chi connectivity index (χ4n) is 0.762. The molecule has 0 saturated carbocycles. The quantitative estimate of drug-likeness (QED) is 0.672. The van der Waals surface area contributed by atoms with Crippen molar-refractivity contribution < 1.29 is 9.53 Å². The summed E-state index contributed by atoms with van der Waals surface area (Å²) in [5.74, 6) is -0.221. The van der Waals surface area contributed by atoms with Crippen LogP contribution in [-0.4, -0.2) is 22.8 Å². The number of carbonyl (C=O) groups is 1. The maximum Gasteiger partial charge on any atom is 0.356 e. The van der Waals surface area contributed by atoms with E-state index in [0.29, 0.717) is 6.61 Å². The molecule has 0 bridgehead atoms. The van der Waals surface area contributed by atoms with E-state index in [2.05, 4.69) is 10.2 Å². The first-order valence-corrected chi connectivity index (χ1v) is 4.04. The highest BCUT2D eigenvalue weighted by atomic mass is 16.5. The van der Waals surface area contributed by atoms with Gasteiger partial charge in [-0.2, -0.15) is 0 Å². The minimum Gasteiger partial charge on any atom is -0.461 e. The molecule has 0 aliphatic heterocycles. The zero-order valence-corrected chi connectivity index (χ0v) is 7.59. The molecule has 0 amide bonds. The Kier molecular flexibility index (Phi) is 2.89. The molecule has 0 radical (unpaired) electrons. The van der Waals surface area contributed by atoms with Gasteiger partial charge in [-0.05, 0) is 5.92 Å². The standard InChI is InChI=1S/C8H12N2O3/c1-5(2)4-13-8(12)6-3-7(11)10-9-6/h3,5H,4H2,1-2H3,(H2,9,10,11). The van der Waals surface area contributed by atoms with Crippen molar-refractivity contribution in [3.8, 4) is 0 Å². The Morgan fingerprint density at radius 2 is 2.23 bits per heavy atom. The van der Waals surface area contributed by atoms with Gasteiger partial charge in [0, 0.05) is 6.07 Å². The number of aromatic nitrogens is 2. The highest BCUT2D eigenvalue weighted by Crippen LogP contribution is 1.97. The van der Waals surface area contributed by atoms with Gasteiger partial charge in [0.1, 0.15) is 5.69 Å². The number of ether oxygens (including phenoxy) is 1. The van der Waals surface area contributed by atoms with Gasteiger partial charge in [0.25, 0.3) is 5.56 Å². The number of aromatic amines is 2. The number of hydrogen-bond acceptors (Lipinski definition) is 3. The van der Waals surface area contributed by atoms with Gasteiger partial charge >= 0.3 is 5.97 Å². The Labute approximate surface area is 75.1 Å². The first-order valence-electron chi connectivity index (χ1n) is 4.04. The van der Waals surface area contributed by atoms with Crippen molar-refractivity contribution in [2.75, 3.05) is 6.61 Å². The molecule has 0 aliphatic carbocycles. The number of hydrogen-bond donors (Lipinski definition) is 2. The average molecular weight is 184 g/mol. The van der Waals surface area contributed by atoms with E-state index >= 15 is 0 Å². The summed E-state index contributed by atoms with van der Waals surface area (Å²) in [4.78, 5) is 21.8. The lowest BCUT2D eigenvalue weighted by atomic mass is 10.2. The predicted molar refractivity (Wildman–Crippen MR) is 46.5 cm³/mol. The third-order valence-corrected chi connectivity index (χ3v) is 1.36. The van der Waals surface area contributed by atoms with E-state index in [1.165, 1.54) is 6.07 Å². The van der Waals surface area contributed by atoms with Crippen molar-refractivity contribution in [2.24, 2.45) is 5.92 Å². The lowest BCUT2D eigenvalue weighted by molar-refractivity contribution is 0.0452. The topological polar surface area (TPSA) is 75.0 Å². The summed E-state index contributed by atoms with van der Waals surface area (Å²) in [6.45, 7) is 4.23. The molecule has 0 atom stereocenters. The van der Waals surface area contributed by atoms with Crippen LogP contribution in [0.5, 0.6) is 0 Å². The summed E-state index contributed by atoms with van der Waals surface area (Å²) in [7, 11) is 0. The first kappa shape index (κ1) is 9.57. The van der Waals surface area contributed by atoms with Crippen molar-refractivity contribution in [1.29, 1.82) is 0 Å². The summed E-state index contributed by atoms with van der Waals surface area (Å²) >= 11 is 0. The maximum atomic E-state index is 11.2. The van der Waals surface area contributed by atoms with Crippen LogP contribution in [0.3, 0.4) is 0 Å². The van der Waals surface area contributed by atoms with Crippen LogP contribution in [0.4, 0.5) is 0 Å². The summed E-state index contributed by atoms with van der Waals surface area (Å²) in [5, 5.41) is 4.67. The van der Waals surface area contributed by atoms with E-state index in [1.807, 2.05) is 13.8 Å². The predicted octanol–water partition coefficient (Wildman–Crippen LogP) is 0.516. The molecule has 1 heterocycles. The van der Waals surface area contributed by atoms with Gasteiger partial charge in [0.15, 0.2) is 0 Å². The Hall–Kier alpha value is -1.52. The maximum absolute atomic E-state index is 11.2. The molecule has 5 nitrogen and oxygen atoms in total. The lowest BCUT2D eigenvalue weighted by Gasteiger charge is -2.04. The molecular weight excluding hydrogens is 172 g/mol. The van der Waals surface area contributed by atoms with E-state index < -0.39 is 5.97 Å². The van der Waals surface area contributed by atoms with E-state index in [0.717, 1.165) is 0 Å². The normalized spacial score (nSPS) is 10.4. The van der Waals surface area contributed by atoms with Gasteiger partial charge in [-0.15, -0.1) is 0 Å². The Bertz CT molecular complexity index is 337. The molecule has 5 heteroatoms. The molecule has 0 unspecified atom stereocenters. The van der Waals surface area contributed by atoms with Crippen molar-refractivity contribution in [3.05, 3.63) is 22.1 Å². The van der Waals surface area contributed by atoms with Gasteiger partial charge in [-0.25, -0.2) is 4.79 Å². The van der Waals surface area contributed by atoms with Gasteiger partial charge in [-0.3, -0.25) is 15.0 Å². The molecule has 0 aliphatic rings. The summed E-state index contributed by atoms with van der Waals surface area (Å²) in [5.41, 5.74) is -0.179. The molecule has 0 fully saturated rings. The van der Waals surface area contributed by atoms with E-state index in [1.54, 1.807) is 0 Å². The minimum absolute atomic E-state index is 0.158. The Balaban J connectivity index is 2.54. The van der Waals surface area contributed by atoms with Crippen LogP contribution < -0.4 is 5.56 Å². The van der Waals surface area contributed by atoms with Crippen molar-refractivity contribution in [3.63, 3.8) is 0 Å². The Morgan fingerprint density at radius 1 is 1.54 bits per heavy atom. The molecule has 1 aromatic rings. The molecule has 1 rings (SSSR count). The fourth-order valence-corrected chi connectivity index (χ4v) is 0.762. The van der Waals surface area contributed by atoms with Crippen LogP contribution in [0.1, 0.15) is 24.3 Å². The SMILES string of the molecule is CC(C)COC(=O)c1cc(=O)[nH][nH]1. The second kappa shape index (κ2) is 3.93. The van der Waals surface area contributed by atoms with Crippen molar-refractivity contribution in [2.45, 2.75) is 13.8 Å². The highest BCUT2D eigenvalue weighted by Gasteiger charge is 2.09. The molecule has 0 aromatic carbocycles. The molecule has 0 spiro atoms. The van der Waals surface area contributed by atoms with Crippen LogP contribution in [-0.2, 0) is 4.74 Å². The molecule has 2 N–H and O–H groups in total. The van der Waals surface area contributed by atoms with Crippen LogP contribution in [0.15, 0.2) is 10.9 Å². The molecule has 72 valence electrons. The van der Waals surface area contributed by atoms with E-state index in [9.17, 15) is 9.59 Å². The molecule has 0 saturated heterocycles. The highest BCUT2D eigenvalue weighted by molar-refractivity contribution is 5.86. The molecule has 13 heavy (non-hydrogen) atoms. The second-order valence-corrected chi connectivity index (χ2v) is 3.16. The Morgan fingerprint density at radius 3 is 2.69 bits per heavy atom. The third-order valence-electron chi connectivity index (χ3n) is 1.36. The summed E-state index contributed by atoms with van der Waals surface area (Å²) in [6.07, 6.45) is 0. The number of nitrogens with one attached hydrogen (secondary N) is 2. The number of H-pyrrole nitrogens is 2. The monoisotopic (exact) mass is 184 g/mol. The van der Waals surface area contributed by atoms with Crippen LogP contribution >= 0.6 is 0 Å². The van der Waals surface area contributed by atoms with Crippen LogP contribution in [0.25, 0.3) is 0 Å². The van der Waals surface area contributed by atoms with Gasteiger partial charge < -0.3 is 4.74 Å². The van der Waals surface area contributed by atoms with Crippen molar-refractivity contribution in [1.82, 2.24) is 10.2 Å². The molecular formula is C8H12N2O3. The number of rotatable bonds is 3. The average Bonchev–Trinajstić information content (AvgIpc) is 2.47. The van der Waals surface area contributed by atoms with Gasteiger partial charge in [0.05, 0.1) is 6.61 Å². The third kappa shape index (κ3) is 2.77. The largest absolute Gasteiger partial charge is 0.461 e. The summed E-state index contributed by atoms with van der Waals surface area (Å²) in [6, 6.07) is 1.17. The van der Waals surface area contributed by atoms with Gasteiger partial charge in [0.2, 0.25) is 0 Å². The fraction of sp³-hybridized carbons (Fsp3) is 0.500. The first-order chi connectivity index (χ1) is 6.09. The zero-order valence-electron chi connectivity index (χ0n) is 7.59. The zero-order chi connectivity index (χ0) is 9.84.